The molecule has 0 saturated carbocycles. The molecule has 0 unspecified atom stereocenters. The molecule has 1 aromatic carbocycles. The number of benzene rings is 1. The Morgan fingerprint density at radius 2 is 1.92 bits per heavy atom. The van der Waals surface area contributed by atoms with E-state index in [9.17, 15) is 0 Å². The van der Waals surface area contributed by atoms with Gasteiger partial charge in [-0.2, -0.15) is 0 Å². The fourth-order valence-electron chi connectivity index (χ4n) is 2.42. The van der Waals surface area contributed by atoms with Gasteiger partial charge in [-0.3, -0.25) is 0 Å². The van der Waals surface area contributed by atoms with Crippen LogP contribution < -0.4 is 5.32 Å². The molecule has 7 heteroatoms. The van der Waals surface area contributed by atoms with Gasteiger partial charge in [-0.1, -0.05) is 35.5 Å². The maximum atomic E-state index is 6.18. The molecule has 2 heterocycles. The van der Waals surface area contributed by atoms with Crippen LogP contribution in [0, 0.1) is 6.92 Å². The predicted molar refractivity (Wildman–Crippen MR) is 110 cm³/mol. The first kappa shape index (κ1) is 20.8. The molecule has 0 aliphatic heterocycles. The molecule has 26 heavy (non-hydrogen) atoms. The summed E-state index contributed by atoms with van der Waals surface area (Å²) >= 11 is 7.85. The molecule has 0 atom stereocenters. The van der Waals surface area contributed by atoms with E-state index in [0.717, 1.165) is 51.5 Å². The van der Waals surface area contributed by atoms with Crippen LogP contribution in [0.2, 0.25) is 5.02 Å². The molecule has 0 saturated heterocycles. The highest BCUT2D eigenvalue weighted by Gasteiger charge is 2.09. The smallest absolute Gasteiger partial charge is 0.187 e. The molecular formula is C19H21Cl2N3OS. The number of furan rings is 1. The zero-order valence-electron chi connectivity index (χ0n) is 14.4. The standard InChI is InChI=1S/C19H20ClN3OS.ClH/c1-14-16(5-2-6-17(14)20)18-8-7-15(24-18)13-21-9-4-12-25-19-22-10-3-11-23-19;/h2-3,5-8,10-11,21H,4,9,12-13H2,1H3;1H. The predicted octanol–water partition coefficient (Wildman–Crippen LogP) is 5.39. The quantitative estimate of drug-likeness (QED) is 0.306. The Hall–Kier alpha value is -1.53. The van der Waals surface area contributed by atoms with Crippen LogP contribution in [-0.4, -0.2) is 22.3 Å². The summed E-state index contributed by atoms with van der Waals surface area (Å²) in [5.41, 5.74) is 2.08. The maximum absolute atomic E-state index is 6.18. The van der Waals surface area contributed by atoms with E-state index in [0.29, 0.717) is 6.54 Å². The first-order chi connectivity index (χ1) is 12.2. The van der Waals surface area contributed by atoms with Gasteiger partial charge in [0, 0.05) is 28.7 Å². The van der Waals surface area contributed by atoms with Crippen molar-refractivity contribution in [2.45, 2.75) is 25.0 Å². The highest BCUT2D eigenvalue weighted by atomic mass is 35.5. The van der Waals surface area contributed by atoms with Gasteiger partial charge in [0.25, 0.3) is 0 Å². The Labute approximate surface area is 169 Å². The molecular weight excluding hydrogens is 389 g/mol. The summed E-state index contributed by atoms with van der Waals surface area (Å²) < 4.78 is 5.94. The Morgan fingerprint density at radius 3 is 2.73 bits per heavy atom. The van der Waals surface area contributed by atoms with Gasteiger partial charge in [-0.15, -0.1) is 12.4 Å². The van der Waals surface area contributed by atoms with Crippen molar-refractivity contribution in [3.8, 4) is 11.3 Å². The van der Waals surface area contributed by atoms with Crippen molar-refractivity contribution in [3.05, 3.63) is 65.1 Å². The number of halogens is 2. The summed E-state index contributed by atoms with van der Waals surface area (Å²) in [5, 5.41) is 4.99. The van der Waals surface area contributed by atoms with Crippen LogP contribution >= 0.6 is 35.8 Å². The topological polar surface area (TPSA) is 51.0 Å². The average molecular weight is 410 g/mol. The summed E-state index contributed by atoms with van der Waals surface area (Å²) in [4.78, 5) is 8.39. The third-order valence-corrected chi connectivity index (χ3v) is 5.14. The molecule has 2 aromatic heterocycles. The number of nitrogens with one attached hydrogen (secondary N) is 1. The molecule has 0 fully saturated rings. The van der Waals surface area contributed by atoms with Crippen LogP contribution in [0.15, 0.2) is 58.4 Å². The first-order valence-electron chi connectivity index (χ1n) is 8.19. The number of hydrogen-bond acceptors (Lipinski definition) is 5. The molecule has 1 N–H and O–H groups in total. The van der Waals surface area contributed by atoms with Crippen molar-refractivity contribution < 1.29 is 4.42 Å². The Morgan fingerprint density at radius 1 is 1.12 bits per heavy atom. The Kier molecular flexibility index (Phi) is 8.45. The molecule has 0 spiro atoms. The van der Waals surface area contributed by atoms with Crippen LogP contribution in [0.4, 0.5) is 0 Å². The lowest BCUT2D eigenvalue weighted by Gasteiger charge is -2.05. The third kappa shape index (κ3) is 5.74. The largest absolute Gasteiger partial charge is 0.460 e. The Balaban J connectivity index is 0.00000243. The van der Waals surface area contributed by atoms with E-state index in [1.54, 1.807) is 24.2 Å². The van der Waals surface area contributed by atoms with Crippen molar-refractivity contribution in [1.29, 1.82) is 0 Å². The summed E-state index contributed by atoms with van der Waals surface area (Å²) in [6.07, 6.45) is 4.58. The summed E-state index contributed by atoms with van der Waals surface area (Å²) in [6, 6.07) is 11.7. The van der Waals surface area contributed by atoms with Gasteiger partial charge in [0.1, 0.15) is 11.5 Å². The molecule has 3 rings (SSSR count). The van der Waals surface area contributed by atoms with Gasteiger partial charge in [0.2, 0.25) is 0 Å². The van der Waals surface area contributed by atoms with Crippen LogP contribution in [-0.2, 0) is 6.54 Å². The summed E-state index contributed by atoms with van der Waals surface area (Å²) in [7, 11) is 0. The second kappa shape index (κ2) is 10.6. The van der Waals surface area contributed by atoms with Gasteiger partial charge in [0.05, 0.1) is 6.54 Å². The van der Waals surface area contributed by atoms with Gasteiger partial charge >= 0.3 is 0 Å². The molecule has 0 aliphatic carbocycles. The van der Waals surface area contributed by atoms with E-state index in [1.165, 1.54) is 0 Å². The first-order valence-corrected chi connectivity index (χ1v) is 9.55. The van der Waals surface area contributed by atoms with Crippen LogP contribution in [0.1, 0.15) is 17.7 Å². The van der Waals surface area contributed by atoms with E-state index in [1.807, 2.05) is 43.3 Å². The van der Waals surface area contributed by atoms with Gasteiger partial charge in [-0.05, 0) is 49.7 Å². The average Bonchev–Trinajstić information content (AvgIpc) is 3.10. The molecule has 0 radical (unpaired) electrons. The minimum Gasteiger partial charge on any atom is -0.460 e. The van der Waals surface area contributed by atoms with Gasteiger partial charge in [-0.25, -0.2) is 9.97 Å². The van der Waals surface area contributed by atoms with Crippen LogP contribution in [0.5, 0.6) is 0 Å². The van der Waals surface area contributed by atoms with E-state index in [2.05, 4.69) is 15.3 Å². The lowest BCUT2D eigenvalue weighted by atomic mass is 10.1. The lowest BCUT2D eigenvalue weighted by Crippen LogP contribution is -2.14. The monoisotopic (exact) mass is 409 g/mol. The number of rotatable bonds is 8. The zero-order chi connectivity index (χ0) is 17.5. The maximum Gasteiger partial charge on any atom is 0.187 e. The zero-order valence-corrected chi connectivity index (χ0v) is 16.8. The highest BCUT2D eigenvalue weighted by molar-refractivity contribution is 7.99. The number of hydrogen-bond donors (Lipinski definition) is 1. The van der Waals surface area contributed by atoms with E-state index >= 15 is 0 Å². The fourth-order valence-corrected chi connectivity index (χ4v) is 3.34. The van der Waals surface area contributed by atoms with E-state index in [4.69, 9.17) is 16.0 Å². The summed E-state index contributed by atoms with van der Waals surface area (Å²) in [5.74, 6) is 2.77. The molecule has 0 bridgehead atoms. The summed E-state index contributed by atoms with van der Waals surface area (Å²) in [6.45, 7) is 3.64. The van der Waals surface area contributed by atoms with Gasteiger partial charge < -0.3 is 9.73 Å². The normalized spacial score (nSPS) is 10.5. The van der Waals surface area contributed by atoms with Crippen molar-refractivity contribution in [3.63, 3.8) is 0 Å². The minimum absolute atomic E-state index is 0. The molecule has 0 aliphatic rings. The van der Waals surface area contributed by atoms with Crippen molar-refractivity contribution in [1.82, 2.24) is 15.3 Å². The molecule has 3 aromatic rings. The van der Waals surface area contributed by atoms with Crippen molar-refractivity contribution >= 4 is 35.8 Å². The second-order valence-electron chi connectivity index (χ2n) is 5.59. The van der Waals surface area contributed by atoms with E-state index in [-0.39, 0.29) is 12.4 Å². The van der Waals surface area contributed by atoms with Crippen LogP contribution in [0.3, 0.4) is 0 Å². The van der Waals surface area contributed by atoms with Crippen LogP contribution in [0.25, 0.3) is 11.3 Å². The lowest BCUT2D eigenvalue weighted by molar-refractivity contribution is 0.493. The highest BCUT2D eigenvalue weighted by Crippen LogP contribution is 2.29. The molecule has 4 nitrogen and oxygen atoms in total. The van der Waals surface area contributed by atoms with E-state index < -0.39 is 0 Å². The SMILES string of the molecule is Cc1c(Cl)cccc1-c1ccc(CNCCCSc2ncccn2)o1.Cl. The van der Waals surface area contributed by atoms with Gasteiger partial charge in [0.15, 0.2) is 5.16 Å². The third-order valence-electron chi connectivity index (χ3n) is 3.77. The fraction of sp³-hybridized carbons (Fsp3) is 0.263. The number of nitrogens with zero attached hydrogens (tertiary/aromatic N) is 2. The second-order valence-corrected chi connectivity index (χ2v) is 7.06. The molecule has 0 amide bonds. The van der Waals surface area contributed by atoms with Crippen molar-refractivity contribution in [2.75, 3.05) is 12.3 Å². The minimum atomic E-state index is 0. The number of thioether (sulfide) groups is 1. The Bertz CT molecular complexity index is 812. The number of aromatic nitrogens is 2. The molecule has 138 valence electrons. The van der Waals surface area contributed by atoms with Crippen molar-refractivity contribution in [2.24, 2.45) is 0 Å².